The number of hydrogen-bond acceptors (Lipinski definition) is 1. The topological polar surface area (TPSA) is 20.3 Å². The molecule has 1 fully saturated rings. The van der Waals surface area contributed by atoms with Crippen LogP contribution >= 0.6 is 0 Å². The van der Waals surface area contributed by atoms with Crippen LogP contribution < -0.4 is 0 Å². The summed E-state index contributed by atoms with van der Waals surface area (Å²) in [4.78, 5) is 13.2. The zero-order valence-corrected chi connectivity index (χ0v) is 9.26. The summed E-state index contributed by atoms with van der Waals surface area (Å²) in [6.45, 7) is 10.4. The molecular formula is C11H21NO. The number of nitrogens with zero attached hydrogens (tertiary/aromatic N) is 1. The number of hydrogen-bond donors (Lipinski definition) is 0. The minimum atomic E-state index is 0.231. The van der Waals surface area contributed by atoms with Gasteiger partial charge in [-0.3, -0.25) is 4.79 Å². The lowest BCUT2D eigenvalue weighted by molar-refractivity contribution is -0.131. The van der Waals surface area contributed by atoms with Gasteiger partial charge in [-0.05, 0) is 24.2 Å². The molecular weight excluding hydrogens is 162 g/mol. The van der Waals surface area contributed by atoms with E-state index in [-0.39, 0.29) is 5.91 Å². The van der Waals surface area contributed by atoms with E-state index in [0.29, 0.717) is 11.3 Å². The fraction of sp³-hybridized carbons (Fsp3) is 0.909. The number of carbonyl (C=O) groups is 1. The molecule has 0 spiro atoms. The third-order valence-corrected chi connectivity index (χ3v) is 3.09. The Hall–Kier alpha value is -0.530. The zero-order chi connectivity index (χ0) is 10.1. The number of amides is 1. The number of likely N-dealkylation sites (tertiary alicyclic amines) is 1. The van der Waals surface area contributed by atoms with Gasteiger partial charge >= 0.3 is 0 Å². The van der Waals surface area contributed by atoms with Crippen LogP contribution in [0.4, 0.5) is 0 Å². The second kappa shape index (κ2) is 3.69. The van der Waals surface area contributed by atoms with Crippen molar-refractivity contribution in [2.75, 3.05) is 13.1 Å². The smallest absolute Gasteiger partial charge is 0.219 e. The van der Waals surface area contributed by atoms with Crippen LogP contribution in [0.1, 0.15) is 40.5 Å². The predicted molar refractivity (Wildman–Crippen MR) is 54.4 cm³/mol. The Labute approximate surface area is 81.3 Å². The highest BCUT2D eigenvalue weighted by molar-refractivity contribution is 5.73. The SMILES string of the molecule is CC(=O)N1CCCC(C(C)(C)C)C1. The van der Waals surface area contributed by atoms with Crippen molar-refractivity contribution in [3.05, 3.63) is 0 Å². The normalized spacial score (nSPS) is 24.6. The van der Waals surface area contributed by atoms with Crippen molar-refractivity contribution in [3.8, 4) is 0 Å². The van der Waals surface area contributed by atoms with Gasteiger partial charge in [0.2, 0.25) is 5.91 Å². The summed E-state index contributed by atoms with van der Waals surface area (Å²) < 4.78 is 0. The van der Waals surface area contributed by atoms with E-state index < -0.39 is 0 Å². The van der Waals surface area contributed by atoms with Crippen LogP contribution in [0.3, 0.4) is 0 Å². The first-order chi connectivity index (χ1) is 5.91. The van der Waals surface area contributed by atoms with Crippen LogP contribution in [-0.4, -0.2) is 23.9 Å². The van der Waals surface area contributed by atoms with Gasteiger partial charge < -0.3 is 4.90 Å². The molecule has 2 nitrogen and oxygen atoms in total. The van der Waals surface area contributed by atoms with E-state index in [4.69, 9.17) is 0 Å². The molecule has 0 aromatic rings. The highest BCUT2D eigenvalue weighted by Gasteiger charge is 2.30. The van der Waals surface area contributed by atoms with Gasteiger partial charge in [0, 0.05) is 20.0 Å². The van der Waals surface area contributed by atoms with E-state index in [1.54, 1.807) is 6.92 Å². The lowest BCUT2D eigenvalue weighted by Crippen LogP contribution is -2.42. The maximum absolute atomic E-state index is 11.2. The highest BCUT2D eigenvalue weighted by atomic mass is 16.2. The average Bonchev–Trinajstić information content (AvgIpc) is 2.03. The van der Waals surface area contributed by atoms with Crippen molar-refractivity contribution in [1.82, 2.24) is 4.90 Å². The van der Waals surface area contributed by atoms with Crippen molar-refractivity contribution in [3.63, 3.8) is 0 Å². The molecule has 0 aromatic carbocycles. The number of carbonyl (C=O) groups excluding carboxylic acids is 1. The molecule has 1 saturated heterocycles. The lowest BCUT2D eigenvalue weighted by atomic mass is 9.76. The first-order valence-electron chi connectivity index (χ1n) is 5.17. The molecule has 1 heterocycles. The molecule has 1 unspecified atom stereocenters. The third kappa shape index (κ3) is 2.71. The molecule has 1 atom stereocenters. The Balaban J connectivity index is 2.57. The second-order valence-corrected chi connectivity index (χ2v) is 5.17. The first-order valence-corrected chi connectivity index (χ1v) is 5.17. The van der Waals surface area contributed by atoms with Crippen LogP contribution in [0.5, 0.6) is 0 Å². The van der Waals surface area contributed by atoms with Crippen LogP contribution in [0.15, 0.2) is 0 Å². The molecule has 13 heavy (non-hydrogen) atoms. The predicted octanol–water partition coefficient (Wildman–Crippen LogP) is 2.29. The Bertz CT molecular complexity index is 193. The summed E-state index contributed by atoms with van der Waals surface area (Å²) in [5.41, 5.74) is 0.341. The first kappa shape index (κ1) is 10.6. The summed E-state index contributed by atoms with van der Waals surface area (Å²) in [6.07, 6.45) is 2.44. The number of rotatable bonds is 0. The maximum atomic E-state index is 11.2. The van der Waals surface area contributed by atoms with Gasteiger partial charge in [-0.2, -0.15) is 0 Å². The second-order valence-electron chi connectivity index (χ2n) is 5.17. The molecule has 0 bridgehead atoms. The van der Waals surface area contributed by atoms with Crippen molar-refractivity contribution in [1.29, 1.82) is 0 Å². The summed E-state index contributed by atoms with van der Waals surface area (Å²) in [5.74, 6) is 0.902. The van der Waals surface area contributed by atoms with E-state index in [1.165, 1.54) is 12.8 Å². The van der Waals surface area contributed by atoms with E-state index >= 15 is 0 Å². The third-order valence-electron chi connectivity index (χ3n) is 3.09. The van der Waals surface area contributed by atoms with Crippen LogP contribution in [0.25, 0.3) is 0 Å². The van der Waals surface area contributed by atoms with Crippen molar-refractivity contribution in [2.45, 2.75) is 40.5 Å². The average molecular weight is 183 g/mol. The Kier molecular flexibility index (Phi) is 2.99. The molecule has 1 rings (SSSR count). The molecule has 0 aliphatic carbocycles. The van der Waals surface area contributed by atoms with Gasteiger partial charge in [-0.25, -0.2) is 0 Å². The summed E-state index contributed by atoms with van der Waals surface area (Å²) in [6, 6.07) is 0. The van der Waals surface area contributed by atoms with Crippen molar-refractivity contribution < 1.29 is 4.79 Å². The quantitative estimate of drug-likeness (QED) is 0.564. The van der Waals surface area contributed by atoms with Crippen molar-refractivity contribution in [2.24, 2.45) is 11.3 Å². The maximum Gasteiger partial charge on any atom is 0.219 e. The monoisotopic (exact) mass is 183 g/mol. The van der Waals surface area contributed by atoms with Gasteiger partial charge in [-0.1, -0.05) is 20.8 Å². The molecule has 0 N–H and O–H groups in total. The van der Waals surface area contributed by atoms with Crippen LogP contribution in [0.2, 0.25) is 0 Å². The van der Waals surface area contributed by atoms with Gasteiger partial charge in [0.15, 0.2) is 0 Å². The van der Waals surface area contributed by atoms with Crippen molar-refractivity contribution >= 4 is 5.91 Å². The zero-order valence-electron chi connectivity index (χ0n) is 9.26. The highest BCUT2D eigenvalue weighted by Crippen LogP contribution is 2.33. The summed E-state index contributed by atoms with van der Waals surface area (Å²) in [5, 5.41) is 0. The van der Waals surface area contributed by atoms with Crippen LogP contribution in [0, 0.1) is 11.3 Å². The molecule has 0 saturated carbocycles. The Morgan fingerprint density at radius 2 is 2.00 bits per heavy atom. The fourth-order valence-electron chi connectivity index (χ4n) is 1.97. The van der Waals surface area contributed by atoms with E-state index in [2.05, 4.69) is 20.8 Å². The van der Waals surface area contributed by atoms with Gasteiger partial charge in [0.1, 0.15) is 0 Å². The molecule has 1 aliphatic rings. The van der Waals surface area contributed by atoms with Gasteiger partial charge in [0.25, 0.3) is 0 Å². The molecule has 0 radical (unpaired) electrons. The minimum Gasteiger partial charge on any atom is -0.343 e. The van der Waals surface area contributed by atoms with Crippen LogP contribution in [-0.2, 0) is 4.79 Å². The molecule has 76 valence electrons. The van der Waals surface area contributed by atoms with Gasteiger partial charge in [0.05, 0.1) is 0 Å². The molecule has 0 aromatic heterocycles. The summed E-state index contributed by atoms with van der Waals surface area (Å²) >= 11 is 0. The Morgan fingerprint density at radius 3 is 2.46 bits per heavy atom. The standard InChI is InChI=1S/C11H21NO/c1-9(13)12-7-5-6-10(8-12)11(2,3)4/h10H,5-8H2,1-4H3. The van der Waals surface area contributed by atoms with E-state index in [0.717, 1.165) is 13.1 Å². The molecule has 1 aliphatic heterocycles. The molecule has 1 amide bonds. The van der Waals surface area contributed by atoms with E-state index in [9.17, 15) is 4.79 Å². The Morgan fingerprint density at radius 1 is 1.38 bits per heavy atom. The lowest BCUT2D eigenvalue weighted by Gasteiger charge is -2.39. The number of piperidine rings is 1. The van der Waals surface area contributed by atoms with Gasteiger partial charge in [-0.15, -0.1) is 0 Å². The van der Waals surface area contributed by atoms with E-state index in [1.807, 2.05) is 4.90 Å². The largest absolute Gasteiger partial charge is 0.343 e. The molecule has 2 heteroatoms. The summed E-state index contributed by atoms with van der Waals surface area (Å²) in [7, 11) is 0. The minimum absolute atomic E-state index is 0.231. The fourth-order valence-corrected chi connectivity index (χ4v) is 1.97.